The van der Waals surface area contributed by atoms with E-state index in [4.69, 9.17) is 20.9 Å². The molecule has 0 amide bonds. The molecule has 0 heterocycles. The Balaban J connectivity index is 1.91. The van der Waals surface area contributed by atoms with Crippen LogP contribution in [0.5, 0.6) is 11.5 Å². The molecular weight excluding hydrogens is 280 g/mol. The van der Waals surface area contributed by atoms with Gasteiger partial charge >= 0.3 is 0 Å². The fourth-order valence-electron chi connectivity index (χ4n) is 2.73. The topological polar surface area (TPSA) is 90.7 Å². The van der Waals surface area contributed by atoms with Crippen molar-refractivity contribution in [1.29, 1.82) is 0 Å². The Morgan fingerprint density at radius 1 is 0.818 bits per heavy atom. The average molecular weight is 300 g/mol. The van der Waals surface area contributed by atoms with E-state index in [1.807, 2.05) is 36.4 Å². The average Bonchev–Trinajstić information content (AvgIpc) is 2.83. The van der Waals surface area contributed by atoms with E-state index in [0.717, 1.165) is 33.8 Å². The number of rotatable bonds is 6. The zero-order valence-corrected chi connectivity index (χ0v) is 12.3. The number of aliphatic hydroxyl groups excluding tert-OH is 1. The van der Waals surface area contributed by atoms with Crippen molar-refractivity contribution in [3.8, 4) is 22.6 Å². The van der Waals surface area contributed by atoms with Crippen LogP contribution in [-0.2, 0) is 0 Å². The second kappa shape index (κ2) is 6.36. The first-order valence-electron chi connectivity index (χ1n) is 7.36. The van der Waals surface area contributed by atoms with Crippen molar-refractivity contribution in [3.05, 3.63) is 47.5 Å². The quantitative estimate of drug-likeness (QED) is 0.750. The summed E-state index contributed by atoms with van der Waals surface area (Å²) in [5.41, 5.74) is 14.6. The lowest BCUT2D eigenvalue weighted by molar-refractivity contribution is 0.223. The minimum Gasteiger partial charge on any atom is -0.492 e. The van der Waals surface area contributed by atoms with Gasteiger partial charge in [-0.25, -0.2) is 0 Å². The van der Waals surface area contributed by atoms with Crippen molar-refractivity contribution in [2.45, 2.75) is 6.10 Å². The number of nitrogens with two attached hydrogens (primary N) is 2. The number of benzene rings is 2. The van der Waals surface area contributed by atoms with E-state index >= 15 is 0 Å². The summed E-state index contributed by atoms with van der Waals surface area (Å²) in [5.74, 6) is 1.44. The molecular formula is C17H20N2O3. The standard InChI is InChI=1S/C17H20N2O3/c18-5-7-21-11-1-3-13-14-4-2-12(22-8-6-19)10-16(14)17(20)15(13)9-11/h1-4,9-10,17,20H,5-8,18-19H2. The number of hydrogen-bond acceptors (Lipinski definition) is 5. The van der Waals surface area contributed by atoms with E-state index in [-0.39, 0.29) is 0 Å². The zero-order valence-electron chi connectivity index (χ0n) is 12.3. The summed E-state index contributed by atoms with van der Waals surface area (Å²) in [5, 5.41) is 10.6. The summed E-state index contributed by atoms with van der Waals surface area (Å²) in [7, 11) is 0. The molecule has 1 aliphatic rings. The monoisotopic (exact) mass is 300 g/mol. The van der Waals surface area contributed by atoms with E-state index in [2.05, 4.69) is 0 Å². The molecule has 0 unspecified atom stereocenters. The molecule has 5 nitrogen and oxygen atoms in total. The van der Waals surface area contributed by atoms with Crippen LogP contribution in [0.15, 0.2) is 36.4 Å². The molecule has 2 aromatic carbocycles. The van der Waals surface area contributed by atoms with Crippen molar-refractivity contribution in [1.82, 2.24) is 0 Å². The van der Waals surface area contributed by atoms with Gasteiger partial charge in [0.2, 0.25) is 0 Å². The molecule has 22 heavy (non-hydrogen) atoms. The third kappa shape index (κ3) is 2.66. The lowest BCUT2D eigenvalue weighted by atomic mass is 10.1. The SMILES string of the molecule is NCCOc1ccc2c(c1)C(O)c1cc(OCCN)ccc1-2. The van der Waals surface area contributed by atoms with E-state index in [1.54, 1.807) is 0 Å². The van der Waals surface area contributed by atoms with Crippen LogP contribution >= 0.6 is 0 Å². The highest BCUT2D eigenvalue weighted by Gasteiger charge is 2.27. The van der Waals surface area contributed by atoms with Crippen LogP contribution in [0.3, 0.4) is 0 Å². The molecule has 0 bridgehead atoms. The molecule has 5 heteroatoms. The van der Waals surface area contributed by atoms with Crippen LogP contribution < -0.4 is 20.9 Å². The molecule has 0 spiro atoms. The second-order valence-electron chi connectivity index (χ2n) is 5.17. The van der Waals surface area contributed by atoms with E-state index in [0.29, 0.717) is 26.3 Å². The smallest absolute Gasteiger partial charge is 0.119 e. The van der Waals surface area contributed by atoms with Gasteiger partial charge in [-0.15, -0.1) is 0 Å². The van der Waals surface area contributed by atoms with Gasteiger partial charge < -0.3 is 26.0 Å². The molecule has 0 aliphatic heterocycles. The van der Waals surface area contributed by atoms with Gasteiger partial charge in [-0.1, -0.05) is 12.1 Å². The van der Waals surface area contributed by atoms with Crippen molar-refractivity contribution in [2.75, 3.05) is 26.3 Å². The maximum atomic E-state index is 10.6. The van der Waals surface area contributed by atoms with Gasteiger partial charge in [0, 0.05) is 13.1 Å². The van der Waals surface area contributed by atoms with Gasteiger partial charge in [-0.3, -0.25) is 0 Å². The van der Waals surface area contributed by atoms with Crippen molar-refractivity contribution >= 4 is 0 Å². The normalized spacial score (nSPS) is 12.9. The van der Waals surface area contributed by atoms with Crippen LogP contribution in [0.25, 0.3) is 11.1 Å². The maximum absolute atomic E-state index is 10.6. The zero-order chi connectivity index (χ0) is 15.5. The van der Waals surface area contributed by atoms with Gasteiger partial charge in [-0.2, -0.15) is 0 Å². The summed E-state index contributed by atoms with van der Waals surface area (Å²) in [4.78, 5) is 0. The summed E-state index contributed by atoms with van der Waals surface area (Å²) < 4.78 is 11.1. The van der Waals surface area contributed by atoms with Crippen LogP contribution in [0.4, 0.5) is 0 Å². The highest BCUT2D eigenvalue weighted by molar-refractivity contribution is 5.79. The number of fused-ring (bicyclic) bond motifs is 3. The summed E-state index contributed by atoms with van der Waals surface area (Å²) in [6.07, 6.45) is -0.673. The molecule has 1 aliphatic carbocycles. The first kappa shape index (κ1) is 14.8. The predicted octanol–water partition coefficient (Wildman–Crippen LogP) is 1.42. The molecule has 116 valence electrons. The van der Waals surface area contributed by atoms with Crippen LogP contribution in [0.2, 0.25) is 0 Å². The molecule has 0 fully saturated rings. The lowest BCUT2D eigenvalue weighted by Crippen LogP contribution is -2.10. The summed E-state index contributed by atoms with van der Waals surface area (Å²) in [6.45, 7) is 1.83. The van der Waals surface area contributed by atoms with E-state index in [9.17, 15) is 5.11 Å². The predicted molar refractivity (Wildman–Crippen MR) is 85.0 cm³/mol. The van der Waals surface area contributed by atoms with Gasteiger partial charge in [-0.05, 0) is 46.5 Å². The fraction of sp³-hybridized carbons (Fsp3) is 0.294. The molecule has 0 saturated heterocycles. The minimum absolute atomic E-state index is 0.457. The Kier molecular flexibility index (Phi) is 4.29. The van der Waals surface area contributed by atoms with E-state index in [1.165, 1.54) is 0 Å². The van der Waals surface area contributed by atoms with Crippen molar-refractivity contribution in [3.63, 3.8) is 0 Å². The third-order valence-electron chi connectivity index (χ3n) is 3.70. The molecule has 0 radical (unpaired) electrons. The van der Waals surface area contributed by atoms with Gasteiger partial charge in [0.1, 0.15) is 30.8 Å². The maximum Gasteiger partial charge on any atom is 0.119 e. The lowest BCUT2D eigenvalue weighted by Gasteiger charge is -2.09. The van der Waals surface area contributed by atoms with Gasteiger partial charge in [0.15, 0.2) is 0 Å². The first-order chi connectivity index (χ1) is 10.7. The van der Waals surface area contributed by atoms with Crippen LogP contribution in [-0.4, -0.2) is 31.4 Å². The summed E-state index contributed by atoms with van der Waals surface area (Å²) in [6, 6.07) is 11.5. The Bertz CT molecular complexity index is 615. The van der Waals surface area contributed by atoms with Crippen molar-refractivity contribution in [2.24, 2.45) is 11.5 Å². The highest BCUT2D eigenvalue weighted by Crippen LogP contribution is 2.45. The second-order valence-corrected chi connectivity index (χ2v) is 5.17. The van der Waals surface area contributed by atoms with Gasteiger partial charge in [0.05, 0.1) is 0 Å². The molecule has 3 rings (SSSR count). The molecule has 2 aromatic rings. The third-order valence-corrected chi connectivity index (χ3v) is 3.70. The van der Waals surface area contributed by atoms with Crippen LogP contribution in [0.1, 0.15) is 17.2 Å². The number of ether oxygens (including phenoxy) is 2. The number of aliphatic hydroxyl groups is 1. The molecule has 0 saturated carbocycles. The fourth-order valence-corrected chi connectivity index (χ4v) is 2.73. The number of hydrogen-bond donors (Lipinski definition) is 3. The molecule has 5 N–H and O–H groups in total. The summed E-state index contributed by atoms with van der Waals surface area (Å²) >= 11 is 0. The Morgan fingerprint density at radius 3 is 1.68 bits per heavy atom. The van der Waals surface area contributed by atoms with Crippen molar-refractivity contribution < 1.29 is 14.6 Å². The van der Waals surface area contributed by atoms with E-state index < -0.39 is 6.10 Å². The molecule has 0 atom stereocenters. The Hall–Kier alpha value is -2.08. The first-order valence-corrected chi connectivity index (χ1v) is 7.36. The minimum atomic E-state index is -0.673. The Labute approximate surface area is 129 Å². The largest absolute Gasteiger partial charge is 0.492 e. The highest BCUT2D eigenvalue weighted by atomic mass is 16.5. The Morgan fingerprint density at radius 2 is 1.27 bits per heavy atom. The molecule has 0 aromatic heterocycles. The van der Waals surface area contributed by atoms with Crippen LogP contribution in [0, 0.1) is 0 Å². The van der Waals surface area contributed by atoms with Gasteiger partial charge in [0.25, 0.3) is 0 Å².